The molecule has 0 radical (unpaired) electrons. The van der Waals surface area contributed by atoms with Gasteiger partial charge in [0.2, 0.25) is 5.91 Å². The Kier molecular flexibility index (Phi) is 9.44. The first-order valence-electron chi connectivity index (χ1n) is 12.3. The molecule has 7 nitrogen and oxygen atoms in total. The van der Waals surface area contributed by atoms with Gasteiger partial charge in [0.05, 0.1) is 21.5 Å². The van der Waals surface area contributed by atoms with E-state index in [-0.39, 0.29) is 10.6 Å². The maximum atomic E-state index is 13.0. The lowest BCUT2D eigenvalue weighted by molar-refractivity contribution is -0.137. The molecular formula is C29H24BrF3N2O5S. The van der Waals surface area contributed by atoms with Crippen LogP contribution in [0.4, 0.5) is 23.7 Å². The summed E-state index contributed by atoms with van der Waals surface area (Å²) in [7, 11) is 0. The van der Waals surface area contributed by atoms with Crippen molar-refractivity contribution in [2.24, 2.45) is 0 Å². The van der Waals surface area contributed by atoms with E-state index in [9.17, 15) is 27.6 Å². The molecule has 0 atom stereocenters. The molecule has 214 valence electrons. The average molecular weight is 649 g/mol. The highest BCUT2D eigenvalue weighted by Gasteiger charge is 2.36. The smallest absolute Gasteiger partial charge is 0.416 e. The number of carbonyl (C=O) groups is 3. The maximum absolute atomic E-state index is 13.0. The predicted octanol–water partition coefficient (Wildman–Crippen LogP) is 7.43. The van der Waals surface area contributed by atoms with E-state index in [2.05, 4.69) is 21.2 Å². The highest BCUT2D eigenvalue weighted by molar-refractivity contribution is 9.10. The number of amides is 3. The monoisotopic (exact) mass is 648 g/mol. The minimum absolute atomic E-state index is 0.0736. The maximum Gasteiger partial charge on any atom is 0.416 e. The van der Waals surface area contributed by atoms with Gasteiger partial charge in [-0.1, -0.05) is 35.9 Å². The van der Waals surface area contributed by atoms with Crippen molar-refractivity contribution in [2.75, 3.05) is 18.5 Å². The lowest BCUT2D eigenvalue weighted by atomic mass is 10.1. The van der Waals surface area contributed by atoms with E-state index in [1.54, 1.807) is 12.1 Å². The molecule has 1 heterocycles. The van der Waals surface area contributed by atoms with Gasteiger partial charge in [-0.25, -0.2) is 0 Å². The molecule has 0 bridgehead atoms. The third kappa shape index (κ3) is 7.70. The highest BCUT2D eigenvalue weighted by atomic mass is 79.9. The molecule has 1 fully saturated rings. The van der Waals surface area contributed by atoms with Crippen molar-refractivity contribution in [2.45, 2.75) is 26.6 Å². The lowest BCUT2D eigenvalue weighted by Crippen LogP contribution is -2.36. The number of nitrogens with one attached hydrogen (secondary N) is 1. The van der Waals surface area contributed by atoms with Crippen LogP contribution in [0, 0.1) is 6.92 Å². The van der Waals surface area contributed by atoms with Crippen molar-refractivity contribution >= 4 is 56.5 Å². The number of aryl methyl sites for hydroxylation is 1. The number of hydrogen-bond donors (Lipinski definition) is 1. The number of imide groups is 1. The Hall–Kier alpha value is -3.77. The second-order valence-corrected chi connectivity index (χ2v) is 10.8. The minimum Gasteiger partial charge on any atom is -0.490 e. The van der Waals surface area contributed by atoms with Crippen molar-refractivity contribution in [3.8, 4) is 11.5 Å². The average Bonchev–Trinajstić information content (AvgIpc) is 3.16. The van der Waals surface area contributed by atoms with E-state index in [1.807, 2.05) is 38.1 Å². The largest absolute Gasteiger partial charge is 0.490 e. The van der Waals surface area contributed by atoms with Crippen LogP contribution in [-0.4, -0.2) is 35.1 Å². The van der Waals surface area contributed by atoms with Gasteiger partial charge in [0.15, 0.2) is 11.5 Å². The molecule has 1 aliphatic rings. The molecular weight excluding hydrogens is 625 g/mol. The van der Waals surface area contributed by atoms with Crippen LogP contribution in [0.1, 0.15) is 29.2 Å². The number of carbonyl (C=O) groups excluding carboxylic acids is 3. The van der Waals surface area contributed by atoms with Crippen LogP contribution in [0.2, 0.25) is 0 Å². The van der Waals surface area contributed by atoms with Crippen molar-refractivity contribution in [3.63, 3.8) is 0 Å². The Morgan fingerprint density at radius 2 is 1.80 bits per heavy atom. The number of benzene rings is 3. The third-order valence-electron chi connectivity index (χ3n) is 5.78. The van der Waals surface area contributed by atoms with Crippen molar-refractivity contribution < 1.29 is 37.0 Å². The Labute approximate surface area is 246 Å². The second-order valence-electron chi connectivity index (χ2n) is 8.93. The summed E-state index contributed by atoms with van der Waals surface area (Å²) in [5, 5.41) is 1.62. The molecule has 3 amide bonds. The molecule has 41 heavy (non-hydrogen) atoms. The van der Waals surface area contributed by atoms with Gasteiger partial charge in [-0.15, -0.1) is 0 Å². The van der Waals surface area contributed by atoms with E-state index in [0.717, 1.165) is 34.2 Å². The van der Waals surface area contributed by atoms with E-state index in [0.29, 0.717) is 46.5 Å². The number of rotatable bonds is 9. The summed E-state index contributed by atoms with van der Waals surface area (Å²) < 4.78 is 51.2. The number of thioether (sulfide) groups is 1. The highest BCUT2D eigenvalue weighted by Crippen LogP contribution is 2.40. The van der Waals surface area contributed by atoms with Gasteiger partial charge < -0.3 is 14.8 Å². The number of alkyl halides is 3. The summed E-state index contributed by atoms with van der Waals surface area (Å²) in [5.74, 6) is -0.610. The number of nitrogens with zero attached hydrogens (tertiary/aromatic N) is 1. The van der Waals surface area contributed by atoms with E-state index in [1.165, 1.54) is 12.1 Å². The predicted molar refractivity (Wildman–Crippen MR) is 154 cm³/mol. The van der Waals surface area contributed by atoms with Gasteiger partial charge in [-0.3, -0.25) is 19.3 Å². The summed E-state index contributed by atoms with van der Waals surface area (Å²) in [6, 6.07) is 15.4. The molecule has 0 saturated carbocycles. The quantitative estimate of drug-likeness (QED) is 0.243. The van der Waals surface area contributed by atoms with Gasteiger partial charge in [0.1, 0.15) is 13.2 Å². The van der Waals surface area contributed by atoms with Crippen LogP contribution in [0.25, 0.3) is 6.08 Å². The van der Waals surface area contributed by atoms with Crippen molar-refractivity contribution in [1.29, 1.82) is 0 Å². The van der Waals surface area contributed by atoms with Crippen molar-refractivity contribution in [1.82, 2.24) is 4.90 Å². The molecule has 0 aromatic heterocycles. The first-order valence-corrected chi connectivity index (χ1v) is 13.9. The number of halogens is 4. The lowest BCUT2D eigenvalue weighted by Gasteiger charge is -2.15. The van der Waals surface area contributed by atoms with E-state index in [4.69, 9.17) is 9.47 Å². The first kappa shape index (κ1) is 30.2. The fourth-order valence-corrected chi connectivity index (χ4v) is 5.23. The van der Waals surface area contributed by atoms with Crippen LogP contribution in [0.3, 0.4) is 0 Å². The van der Waals surface area contributed by atoms with Gasteiger partial charge >= 0.3 is 6.18 Å². The minimum atomic E-state index is -4.58. The molecule has 1 saturated heterocycles. The van der Waals surface area contributed by atoms with Crippen LogP contribution in [-0.2, 0) is 22.4 Å². The number of hydrogen-bond acceptors (Lipinski definition) is 6. The van der Waals surface area contributed by atoms with Gasteiger partial charge in [-0.05, 0) is 89.1 Å². The van der Waals surface area contributed by atoms with E-state index >= 15 is 0 Å². The standard InChI is InChI=1S/C29H24BrF3N2O5S/c1-3-39-23-12-19(11-22(30)26(23)40-16-18-9-7-17(2)8-10-18)13-24-27(37)35(28(38)41-24)15-25(36)34-21-6-4-5-20(14-21)29(31,32)33/h4-14H,3,15-16H2,1-2H3,(H,34,36)/b24-13-. The van der Waals surface area contributed by atoms with E-state index < -0.39 is 35.3 Å². The van der Waals surface area contributed by atoms with Crippen LogP contribution in [0.5, 0.6) is 11.5 Å². The third-order valence-corrected chi connectivity index (χ3v) is 7.28. The molecule has 0 spiro atoms. The molecule has 12 heteroatoms. The molecule has 4 rings (SSSR count). The summed E-state index contributed by atoms with van der Waals surface area (Å²) in [6.07, 6.45) is -3.09. The van der Waals surface area contributed by atoms with Gasteiger partial charge in [-0.2, -0.15) is 13.2 Å². The fraction of sp³-hybridized carbons (Fsp3) is 0.207. The molecule has 1 N–H and O–H groups in total. The summed E-state index contributed by atoms with van der Waals surface area (Å²) in [4.78, 5) is 38.8. The Morgan fingerprint density at radius 3 is 2.49 bits per heavy atom. The zero-order valence-corrected chi connectivity index (χ0v) is 24.3. The SMILES string of the molecule is CCOc1cc(/C=C2\SC(=O)N(CC(=O)Nc3cccc(C(F)(F)F)c3)C2=O)cc(Br)c1OCc1ccc(C)cc1. The summed E-state index contributed by atoms with van der Waals surface area (Å²) in [5.41, 5.74) is 1.61. The molecule has 3 aromatic carbocycles. The van der Waals surface area contributed by atoms with Gasteiger partial charge in [0.25, 0.3) is 11.1 Å². The molecule has 3 aromatic rings. The van der Waals surface area contributed by atoms with Crippen LogP contribution < -0.4 is 14.8 Å². The number of anilines is 1. The Bertz CT molecular complexity index is 1510. The number of ether oxygens (including phenoxy) is 2. The van der Waals surface area contributed by atoms with Crippen LogP contribution >= 0.6 is 27.7 Å². The topological polar surface area (TPSA) is 84.9 Å². The zero-order chi connectivity index (χ0) is 29.7. The second kappa shape index (κ2) is 12.8. The summed E-state index contributed by atoms with van der Waals surface area (Å²) >= 11 is 4.15. The first-order chi connectivity index (χ1) is 19.4. The fourth-order valence-electron chi connectivity index (χ4n) is 3.82. The molecule has 0 unspecified atom stereocenters. The van der Waals surface area contributed by atoms with Crippen molar-refractivity contribution in [3.05, 3.63) is 92.3 Å². The molecule has 0 aliphatic carbocycles. The Morgan fingerprint density at radius 1 is 1.07 bits per heavy atom. The van der Waals surface area contributed by atoms with Gasteiger partial charge in [0, 0.05) is 5.69 Å². The summed E-state index contributed by atoms with van der Waals surface area (Å²) in [6.45, 7) is 3.82. The Balaban J connectivity index is 1.47. The zero-order valence-electron chi connectivity index (χ0n) is 21.9. The normalized spacial score (nSPS) is 14.5. The molecule has 1 aliphatic heterocycles. The van der Waals surface area contributed by atoms with Crippen LogP contribution in [0.15, 0.2) is 70.0 Å².